The van der Waals surface area contributed by atoms with Gasteiger partial charge in [-0.3, -0.25) is 4.90 Å². The normalized spacial score (nSPS) is 20.4. The summed E-state index contributed by atoms with van der Waals surface area (Å²) >= 11 is 0. The second-order valence-corrected chi connectivity index (χ2v) is 5.41. The average molecular weight is 257 g/mol. The van der Waals surface area contributed by atoms with Crippen LogP contribution in [0.25, 0.3) is 10.9 Å². The largest absolute Gasteiger partial charge is 0.361 e. The van der Waals surface area contributed by atoms with Gasteiger partial charge < -0.3 is 10.3 Å². The molecule has 3 rings (SSSR count). The predicted molar refractivity (Wildman–Crippen MR) is 80.3 cm³/mol. The van der Waals surface area contributed by atoms with Gasteiger partial charge in [0.05, 0.1) is 0 Å². The van der Waals surface area contributed by atoms with Crippen LogP contribution in [0.3, 0.4) is 0 Å². The topological polar surface area (TPSA) is 31.1 Å². The summed E-state index contributed by atoms with van der Waals surface area (Å²) in [5.41, 5.74) is 2.62. The number of aromatic amines is 1. The van der Waals surface area contributed by atoms with Gasteiger partial charge >= 0.3 is 0 Å². The van der Waals surface area contributed by atoms with Gasteiger partial charge in [0.15, 0.2) is 0 Å². The van der Waals surface area contributed by atoms with Crippen LogP contribution in [-0.4, -0.2) is 35.6 Å². The molecule has 1 aromatic carbocycles. The van der Waals surface area contributed by atoms with Crippen molar-refractivity contribution in [3.8, 4) is 0 Å². The van der Waals surface area contributed by atoms with Crippen LogP contribution in [0.4, 0.5) is 0 Å². The first-order valence-corrected chi connectivity index (χ1v) is 7.38. The Morgan fingerprint density at radius 2 is 2.32 bits per heavy atom. The van der Waals surface area contributed by atoms with Crippen molar-refractivity contribution in [3.63, 3.8) is 0 Å². The first-order chi connectivity index (χ1) is 9.38. The van der Waals surface area contributed by atoms with Crippen molar-refractivity contribution in [2.24, 2.45) is 0 Å². The van der Waals surface area contributed by atoms with Gasteiger partial charge in [0.1, 0.15) is 0 Å². The summed E-state index contributed by atoms with van der Waals surface area (Å²) in [7, 11) is 0. The molecule has 0 aliphatic carbocycles. The van der Waals surface area contributed by atoms with Crippen molar-refractivity contribution in [2.75, 3.05) is 19.6 Å². The van der Waals surface area contributed by atoms with Crippen LogP contribution < -0.4 is 5.32 Å². The molecule has 3 heteroatoms. The van der Waals surface area contributed by atoms with E-state index in [4.69, 9.17) is 0 Å². The third-order valence-electron chi connectivity index (χ3n) is 4.29. The van der Waals surface area contributed by atoms with E-state index in [-0.39, 0.29) is 0 Å². The number of hydrogen-bond donors (Lipinski definition) is 2. The molecule has 0 radical (unpaired) electrons. The Labute approximate surface area is 115 Å². The number of likely N-dealkylation sites (tertiary alicyclic amines) is 1. The van der Waals surface area contributed by atoms with Crippen LogP contribution in [0.2, 0.25) is 0 Å². The van der Waals surface area contributed by atoms with Crippen molar-refractivity contribution >= 4 is 10.9 Å². The van der Waals surface area contributed by atoms with E-state index < -0.39 is 0 Å². The lowest BCUT2D eigenvalue weighted by atomic mass is 10.1. The summed E-state index contributed by atoms with van der Waals surface area (Å²) in [6.07, 6.45) is 4.72. The lowest BCUT2D eigenvalue weighted by molar-refractivity contribution is 0.260. The Bertz CT molecular complexity index is 532. The first-order valence-electron chi connectivity index (χ1n) is 7.38. The molecule has 2 heterocycles. The van der Waals surface area contributed by atoms with E-state index in [1.807, 2.05) is 6.20 Å². The highest BCUT2D eigenvalue weighted by atomic mass is 15.2. The van der Waals surface area contributed by atoms with E-state index in [9.17, 15) is 0 Å². The molecule has 1 aliphatic heterocycles. The van der Waals surface area contributed by atoms with Crippen molar-refractivity contribution in [1.82, 2.24) is 15.2 Å². The predicted octanol–water partition coefficient (Wildman–Crippen LogP) is 2.74. The molecular formula is C16H23N3. The zero-order valence-corrected chi connectivity index (χ0v) is 11.7. The molecule has 1 saturated heterocycles. The van der Waals surface area contributed by atoms with Gasteiger partial charge in [-0.05, 0) is 43.6 Å². The van der Waals surface area contributed by atoms with Gasteiger partial charge in [-0.1, -0.05) is 19.1 Å². The Balaban J connectivity index is 1.59. The molecule has 1 unspecified atom stereocenters. The van der Waals surface area contributed by atoms with Crippen LogP contribution in [0.1, 0.15) is 25.3 Å². The summed E-state index contributed by atoms with van der Waals surface area (Å²) in [5, 5.41) is 4.98. The third kappa shape index (κ3) is 2.67. The highest BCUT2D eigenvalue weighted by molar-refractivity contribution is 5.82. The van der Waals surface area contributed by atoms with E-state index in [0.717, 1.165) is 19.1 Å². The summed E-state index contributed by atoms with van der Waals surface area (Å²) in [4.78, 5) is 5.86. The van der Waals surface area contributed by atoms with Crippen LogP contribution in [-0.2, 0) is 6.54 Å². The summed E-state index contributed by atoms with van der Waals surface area (Å²) in [5.74, 6) is 0. The maximum absolute atomic E-state index is 3.63. The lowest BCUT2D eigenvalue weighted by Crippen LogP contribution is -2.37. The van der Waals surface area contributed by atoms with Crippen molar-refractivity contribution < 1.29 is 0 Å². The molecule has 0 saturated carbocycles. The molecule has 0 bridgehead atoms. The Morgan fingerprint density at radius 3 is 3.21 bits per heavy atom. The van der Waals surface area contributed by atoms with Crippen molar-refractivity contribution in [2.45, 2.75) is 32.4 Å². The fourth-order valence-corrected chi connectivity index (χ4v) is 3.22. The molecule has 2 aromatic rings. The second kappa shape index (κ2) is 5.76. The van der Waals surface area contributed by atoms with Crippen molar-refractivity contribution in [1.29, 1.82) is 0 Å². The van der Waals surface area contributed by atoms with E-state index in [1.165, 1.54) is 42.4 Å². The van der Waals surface area contributed by atoms with Gasteiger partial charge in [0, 0.05) is 36.2 Å². The summed E-state index contributed by atoms with van der Waals surface area (Å²) in [6, 6.07) is 9.38. The van der Waals surface area contributed by atoms with Crippen LogP contribution in [0.5, 0.6) is 0 Å². The third-order valence-corrected chi connectivity index (χ3v) is 4.29. The average Bonchev–Trinajstić information content (AvgIpc) is 3.07. The number of hydrogen-bond acceptors (Lipinski definition) is 2. The van der Waals surface area contributed by atoms with Gasteiger partial charge in [-0.2, -0.15) is 0 Å². The number of likely N-dealkylation sites (N-methyl/N-ethyl adjacent to an activating group) is 1. The van der Waals surface area contributed by atoms with E-state index in [1.54, 1.807) is 0 Å². The molecule has 1 atom stereocenters. The fourth-order valence-electron chi connectivity index (χ4n) is 3.22. The maximum atomic E-state index is 3.63. The Hall–Kier alpha value is -1.32. The molecule has 102 valence electrons. The monoisotopic (exact) mass is 257 g/mol. The molecule has 1 aromatic heterocycles. The zero-order valence-electron chi connectivity index (χ0n) is 11.7. The highest BCUT2D eigenvalue weighted by Gasteiger charge is 2.22. The Kier molecular flexibility index (Phi) is 3.85. The number of H-pyrrole nitrogens is 1. The second-order valence-electron chi connectivity index (χ2n) is 5.41. The Morgan fingerprint density at radius 1 is 1.37 bits per heavy atom. The molecule has 0 spiro atoms. The molecule has 0 amide bonds. The molecule has 3 nitrogen and oxygen atoms in total. The number of nitrogens with zero attached hydrogens (tertiary/aromatic N) is 1. The molecule has 19 heavy (non-hydrogen) atoms. The smallest absolute Gasteiger partial charge is 0.0457 e. The SMILES string of the molecule is CCN1CCCC1CNCc1cccc2[nH]ccc12. The van der Waals surface area contributed by atoms with Gasteiger partial charge in [0.2, 0.25) is 0 Å². The zero-order chi connectivity index (χ0) is 13.1. The highest BCUT2D eigenvalue weighted by Crippen LogP contribution is 2.18. The van der Waals surface area contributed by atoms with Crippen LogP contribution in [0.15, 0.2) is 30.5 Å². The van der Waals surface area contributed by atoms with Crippen LogP contribution >= 0.6 is 0 Å². The summed E-state index contributed by atoms with van der Waals surface area (Å²) < 4.78 is 0. The standard InChI is InChI=1S/C16H23N3/c1-2-19-10-4-6-14(19)12-17-11-13-5-3-7-16-15(13)8-9-18-16/h3,5,7-9,14,17-18H,2,4,6,10-12H2,1H3. The minimum absolute atomic E-state index is 0.732. The minimum atomic E-state index is 0.732. The van der Waals surface area contributed by atoms with E-state index in [2.05, 4.69) is 46.4 Å². The summed E-state index contributed by atoms with van der Waals surface area (Å²) in [6.45, 7) is 6.78. The van der Waals surface area contributed by atoms with Gasteiger partial charge in [0.25, 0.3) is 0 Å². The molecule has 2 N–H and O–H groups in total. The lowest BCUT2D eigenvalue weighted by Gasteiger charge is -2.23. The fraction of sp³-hybridized carbons (Fsp3) is 0.500. The number of nitrogens with one attached hydrogen (secondary N) is 2. The van der Waals surface area contributed by atoms with E-state index in [0.29, 0.717) is 0 Å². The maximum Gasteiger partial charge on any atom is 0.0457 e. The quantitative estimate of drug-likeness (QED) is 0.863. The number of benzene rings is 1. The van der Waals surface area contributed by atoms with Gasteiger partial charge in [-0.25, -0.2) is 0 Å². The molecule has 1 aliphatic rings. The number of rotatable bonds is 5. The van der Waals surface area contributed by atoms with Crippen molar-refractivity contribution in [3.05, 3.63) is 36.0 Å². The van der Waals surface area contributed by atoms with Crippen LogP contribution in [0, 0.1) is 0 Å². The molecular weight excluding hydrogens is 234 g/mol. The first kappa shape index (κ1) is 12.7. The number of aromatic nitrogens is 1. The number of fused-ring (bicyclic) bond motifs is 1. The minimum Gasteiger partial charge on any atom is -0.361 e. The van der Waals surface area contributed by atoms with Gasteiger partial charge in [-0.15, -0.1) is 0 Å². The molecule has 1 fully saturated rings. The van der Waals surface area contributed by atoms with E-state index >= 15 is 0 Å².